The molecule has 108 valence electrons. The highest BCUT2D eigenvalue weighted by Crippen LogP contribution is 2.18. The molecule has 2 rings (SSSR count). The molecule has 1 aromatic heterocycles. The molecule has 0 aliphatic heterocycles. The Hall–Kier alpha value is -1.75. The second kappa shape index (κ2) is 6.13. The average Bonchev–Trinajstić information content (AvgIpc) is 2.68. The molecule has 0 saturated heterocycles. The minimum atomic E-state index is -0.473. The van der Waals surface area contributed by atoms with Gasteiger partial charge in [0.2, 0.25) is 5.91 Å². The summed E-state index contributed by atoms with van der Waals surface area (Å²) in [6.07, 6.45) is 0.240. The van der Waals surface area contributed by atoms with Crippen molar-refractivity contribution in [2.45, 2.75) is 26.8 Å². The lowest BCUT2D eigenvalue weighted by molar-refractivity contribution is -0.121. The van der Waals surface area contributed by atoms with Gasteiger partial charge in [0.1, 0.15) is 0 Å². The first-order chi connectivity index (χ1) is 9.47. The Morgan fingerprint density at radius 1 is 1.45 bits per heavy atom. The molecule has 0 spiro atoms. The minimum absolute atomic E-state index is 0.0751. The SMILES string of the molecule is CC(C)CNC(=O)CCn1c(=O)oc2cc(Cl)ccc21. The summed E-state index contributed by atoms with van der Waals surface area (Å²) in [4.78, 5) is 23.4. The lowest BCUT2D eigenvalue weighted by atomic mass is 10.2. The topological polar surface area (TPSA) is 64.2 Å². The van der Waals surface area contributed by atoms with Gasteiger partial charge in [-0.15, -0.1) is 0 Å². The van der Waals surface area contributed by atoms with Crippen molar-refractivity contribution < 1.29 is 9.21 Å². The largest absolute Gasteiger partial charge is 0.419 e. The Balaban J connectivity index is 2.08. The number of nitrogens with one attached hydrogen (secondary N) is 1. The van der Waals surface area contributed by atoms with Crippen LogP contribution in [0.3, 0.4) is 0 Å². The molecule has 0 fully saturated rings. The van der Waals surface area contributed by atoms with Crippen molar-refractivity contribution in [3.8, 4) is 0 Å². The molecule has 1 aromatic carbocycles. The fraction of sp³-hybridized carbons (Fsp3) is 0.429. The third kappa shape index (κ3) is 3.42. The molecule has 0 unspecified atom stereocenters. The second-order valence-corrected chi connectivity index (χ2v) is 5.52. The fourth-order valence-corrected chi connectivity index (χ4v) is 2.03. The molecule has 1 N–H and O–H groups in total. The number of rotatable bonds is 5. The van der Waals surface area contributed by atoms with E-state index in [4.69, 9.17) is 16.0 Å². The van der Waals surface area contributed by atoms with Crippen molar-refractivity contribution in [3.63, 3.8) is 0 Å². The van der Waals surface area contributed by atoms with Crippen LogP contribution in [0.4, 0.5) is 0 Å². The molecular weight excluding hydrogens is 280 g/mol. The van der Waals surface area contributed by atoms with Crippen molar-refractivity contribution in [1.82, 2.24) is 9.88 Å². The fourth-order valence-electron chi connectivity index (χ4n) is 1.87. The summed E-state index contributed by atoms with van der Waals surface area (Å²) in [6, 6.07) is 5.00. The van der Waals surface area contributed by atoms with Crippen LogP contribution >= 0.6 is 11.6 Å². The van der Waals surface area contributed by atoms with Crippen molar-refractivity contribution in [2.24, 2.45) is 5.92 Å². The van der Waals surface area contributed by atoms with Gasteiger partial charge in [0, 0.05) is 30.6 Å². The Morgan fingerprint density at radius 2 is 2.20 bits per heavy atom. The van der Waals surface area contributed by atoms with Gasteiger partial charge < -0.3 is 9.73 Å². The Kier molecular flexibility index (Phi) is 4.49. The summed E-state index contributed by atoms with van der Waals surface area (Å²) in [7, 11) is 0. The third-order valence-corrected chi connectivity index (χ3v) is 3.14. The quantitative estimate of drug-likeness (QED) is 0.921. The number of carbonyl (C=O) groups is 1. The van der Waals surface area contributed by atoms with Gasteiger partial charge in [-0.2, -0.15) is 0 Å². The molecule has 5 nitrogen and oxygen atoms in total. The number of nitrogens with zero attached hydrogens (tertiary/aromatic N) is 1. The van der Waals surface area contributed by atoms with Gasteiger partial charge in [0.25, 0.3) is 0 Å². The lowest BCUT2D eigenvalue weighted by Crippen LogP contribution is -2.29. The first kappa shape index (κ1) is 14.7. The molecule has 1 heterocycles. The molecule has 0 radical (unpaired) electrons. The number of hydrogen-bond acceptors (Lipinski definition) is 3. The van der Waals surface area contributed by atoms with Gasteiger partial charge in [0.15, 0.2) is 5.58 Å². The molecule has 0 atom stereocenters. The molecular formula is C14H17ClN2O3. The predicted molar refractivity (Wildman–Crippen MR) is 77.9 cm³/mol. The smallest absolute Gasteiger partial charge is 0.408 e. The maximum Gasteiger partial charge on any atom is 0.419 e. The maximum absolute atomic E-state index is 11.8. The van der Waals surface area contributed by atoms with E-state index in [2.05, 4.69) is 5.32 Å². The highest BCUT2D eigenvalue weighted by molar-refractivity contribution is 6.31. The van der Waals surface area contributed by atoms with Crippen molar-refractivity contribution in [3.05, 3.63) is 33.8 Å². The van der Waals surface area contributed by atoms with E-state index >= 15 is 0 Å². The van der Waals surface area contributed by atoms with Crippen molar-refractivity contribution in [2.75, 3.05) is 6.54 Å². The lowest BCUT2D eigenvalue weighted by Gasteiger charge is -2.07. The molecule has 20 heavy (non-hydrogen) atoms. The number of aryl methyl sites for hydroxylation is 1. The average molecular weight is 297 g/mol. The number of aromatic nitrogens is 1. The van der Waals surface area contributed by atoms with Gasteiger partial charge in [-0.3, -0.25) is 9.36 Å². The molecule has 0 bridgehead atoms. The highest BCUT2D eigenvalue weighted by atomic mass is 35.5. The van der Waals surface area contributed by atoms with E-state index in [1.807, 2.05) is 13.8 Å². The van der Waals surface area contributed by atoms with Gasteiger partial charge in [0.05, 0.1) is 5.52 Å². The van der Waals surface area contributed by atoms with Crippen LogP contribution in [0.2, 0.25) is 5.02 Å². The zero-order chi connectivity index (χ0) is 14.7. The number of carbonyl (C=O) groups excluding carboxylic acids is 1. The number of hydrogen-bond donors (Lipinski definition) is 1. The van der Waals surface area contributed by atoms with Crippen molar-refractivity contribution in [1.29, 1.82) is 0 Å². The molecule has 2 aromatic rings. The number of amides is 1. The van der Waals surface area contributed by atoms with E-state index in [1.165, 1.54) is 4.57 Å². The third-order valence-electron chi connectivity index (χ3n) is 2.90. The number of fused-ring (bicyclic) bond motifs is 1. The standard InChI is InChI=1S/C14H17ClN2O3/c1-9(2)8-16-13(18)5-6-17-11-4-3-10(15)7-12(11)20-14(17)19/h3-4,7,9H,5-6,8H2,1-2H3,(H,16,18). The van der Waals surface area contributed by atoms with Gasteiger partial charge >= 0.3 is 5.76 Å². The Bertz CT molecular complexity index is 673. The van der Waals surface area contributed by atoms with E-state index in [-0.39, 0.29) is 18.9 Å². The first-order valence-electron chi connectivity index (χ1n) is 6.53. The first-order valence-corrected chi connectivity index (χ1v) is 6.90. The summed E-state index contributed by atoms with van der Waals surface area (Å²) < 4.78 is 6.55. The van der Waals surface area contributed by atoms with Crippen LogP contribution in [0.15, 0.2) is 27.4 Å². The minimum Gasteiger partial charge on any atom is -0.408 e. The van der Waals surface area contributed by atoms with Crippen LogP contribution in [0.1, 0.15) is 20.3 Å². The van der Waals surface area contributed by atoms with Crippen LogP contribution in [0.25, 0.3) is 11.1 Å². The summed E-state index contributed by atoms with van der Waals surface area (Å²) in [5.41, 5.74) is 1.08. The Labute approximate surface area is 121 Å². The zero-order valence-electron chi connectivity index (χ0n) is 11.5. The summed E-state index contributed by atoms with van der Waals surface area (Å²) in [6.45, 7) is 4.98. The van der Waals surface area contributed by atoms with E-state index in [0.29, 0.717) is 28.6 Å². The van der Waals surface area contributed by atoms with Crippen LogP contribution in [-0.2, 0) is 11.3 Å². The van der Waals surface area contributed by atoms with E-state index < -0.39 is 5.76 Å². The van der Waals surface area contributed by atoms with E-state index in [1.54, 1.807) is 18.2 Å². The normalized spacial score (nSPS) is 11.2. The van der Waals surface area contributed by atoms with E-state index in [9.17, 15) is 9.59 Å². The van der Waals surface area contributed by atoms with Gasteiger partial charge in [-0.1, -0.05) is 25.4 Å². The molecule has 6 heteroatoms. The Morgan fingerprint density at radius 3 is 2.90 bits per heavy atom. The number of oxazole rings is 1. The molecule has 0 saturated carbocycles. The monoisotopic (exact) mass is 296 g/mol. The summed E-state index contributed by atoms with van der Waals surface area (Å²) in [5.74, 6) is -0.147. The maximum atomic E-state index is 11.8. The second-order valence-electron chi connectivity index (χ2n) is 5.08. The highest BCUT2D eigenvalue weighted by Gasteiger charge is 2.11. The molecule has 0 aliphatic carbocycles. The zero-order valence-corrected chi connectivity index (χ0v) is 12.2. The van der Waals surface area contributed by atoms with Crippen LogP contribution in [0, 0.1) is 5.92 Å². The van der Waals surface area contributed by atoms with Crippen LogP contribution < -0.4 is 11.1 Å². The predicted octanol–water partition coefficient (Wildman–Crippen LogP) is 2.41. The van der Waals surface area contributed by atoms with Crippen molar-refractivity contribution >= 4 is 28.6 Å². The number of benzene rings is 1. The molecule has 1 amide bonds. The summed E-state index contributed by atoms with van der Waals surface area (Å²) >= 11 is 5.84. The van der Waals surface area contributed by atoms with Gasteiger partial charge in [-0.25, -0.2) is 4.79 Å². The van der Waals surface area contributed by atoms with Crippen LogP contribution in [-0.4, -0.2) is 17.0 Å². The number of halogens is 1. The summed E-state index contributed by atoms with van der Waals surface area (Å²) in [5, 5.41) is 3.32. The van der Waals surface area contributed by atoms with E-state index in [0.717, 1.165) is 0 Å². The van der Waals surface area contributed by atoms with Crippen LogP contribution in [0.5, 0.6) is 0 Å². The molecule has 0 aliphatic rings. The van der Waals surface area contributed by atoms with Gasteiger partial charge in [-0.05, 0) is 18.1 Å².